The third kappa shape index (κ3) is 3.00. The number of rotatable bonds is 5. The first-order valence-electron chi connectivity index (χ1n) is 5.09. The lowest BCUT2D eigenvalue weighted by Gasteiger charge is -2.16. The van der Waals surface area contributed by atoms with Crippen molar-refractivity contribution < 1.29 is 27.9 Å². The van der Waals surface area contributed by atoms with E-state index in [0.29, 0.717) is 5.56 Å². The molecule has 0 amide bonds. The van der Waals surface area contributed by atoms with Crippen LogP contribution in [0.3, 0.4) is 0 Å². The molecule has 0 aliphatic carbocycles. The number of carbonyl (C=O) groups excluding carboxylic acids is 2. The van der Waals surface area contributed by atoms with Gasteiger partial charge in [0.2, 0.25) is 5.25 Å². The van der Waals surface area contributed by atoms with Crippen LogP contribution in [0.15, 0.2) is 35.7 Å². The van der Waals surface area contributed by atoms with E-state index in [2.05, 4.69) is 11.3 Å². The molecule has 1 aromatic rings. The van der Waals surface area contributed by atoms with Gasteiger partial charge in [-0.1, -0.05) is 24.8 Å². The highest BCUT2D eigenvalue weighted by Crippen LogP contribution is 2.18. The first-order chi connectivity index (χ1) is 8.84. The number of carbonyl (C=O) groups is 2. The zero-order chi connectivity index (χ0) is 14.6. The van der Waals surface area contributed by atoms with Crippen molar-refractivity contribution in [2.45, 2.75) is 10.1 Å². The van der Waals surface area contributed by atoms with Gasteiger partial charge in [-0.25, -0.2) is 8.42 Å². The van der Waals surface area contributed by atoms with Crippen LogP contribution >= 0.6 is 0 Å². The molecular formula is C12H11O6S-. The molecule has 6 nitrogen and oxygen atoms in total. The highest BCUT2D eigenvalue weighted by atomic mass is 32.2. The number of methoxy groups -OCH3 is 1. The Morgan fingerprint density at radius 2 is 1.84 bits per heavy atom. The zero-order valence-electron chi connectivity index (χ0n) is 10.0. The van der Waals surface area contributed by atoms with Crippen molar-refractivity contribution in [1.29, 1.82) is 0 Å². The lowest BCUT2D eigenvalue weighted by molar-refractivity contribution is -0.304. The number of hydrogen-bond acceptors (Lipinski definition) is 6. The number of carboxylic acids is 1. The summed E-state index contributed by atoms with van der Waals surface area (Å²) in [5, 5.41) is 8.45. The summed E-state index contributed by atoms with van der Waals surface area (Å²) in [6.45, 7) is 3.50. The summed E-state index contributed by atoms with van der Waals surface area (Å²) in [5.41, 5.74) is 0.655. The van der Waals surface area contributed by atoms with E-state index in [9.17, 15) is 23.1 Å². The second-order valence-electron chi connectivity index (χ2n) is 3.54. The molecule has 0 heterocycles. The predicted octanol–water partition coefficient (Wildman–Crippen LogP) is -0.605. The summed E-state index contributed by atoms with van der Waals surface area (Å²) in [7, 11) is -3.51. The molecule has 0 radical (unpaired) electrons. The summed E-state index contributed by atoms with van der Waals surface area (Å²) in [4.78, 5) is 21.8. The van der Waals surface area contributed by atoms with Crippen LogP contribution in [0, 0.1) is 0 Å². The third-order valence-electron chi connectivity index (χ3n) is 2.38. The zero-order valence-corrected chi connectivity index (χ0v) is 10.8. The Hall–Kier alpha value is -2.15. The van der Waals surface area contributed by atoms with Gasteiger partial charge in [0.25, 0.3) is 0 Å². The fourth-order valence-corrected chi connectivity index (χ4v) is 2.78. The molecule has 1 aromatic carbocycles. The lowest BCUT2D eigenvalue weighted by Crippen LogP contribution is -2.46. The van der Waals surface area contributed by atoms with Crippen molar-refractivity contribution in [2.24, 2.45) is 0 Å². The van der Waals surface area contributed by atoms with E-state index in [4.69, 9.17) is 0 Å². The molecule has 1 rings (SSSR count). The first-order valence-corrected chi connectivity index (χ1v) is 6.64. The van der Waals surface area contributed by atoms with Crippen LogP contribution in [0.25, 0.3) is 6.08 Å². The number of aliphatic carboxylic acids is 1. The van der Waals surface area contributed by atoms with Gasteiger partial charge in [-0.15, -0.1) is 0 Å². The molecule has 0 saturated carbocycles. The van der Waals surface area contributed by atoms with Gasteiger partial charge >= 0.3 is 5.97 Å². The molecule has 0 aliphatic heterocycles. The minimum atomic E-state index is -4.41. The number of hydrogen-bond donors (Lipinski definition) is 0. The Balaban J connectivity index is 3.30. The van der Waals surface area contributed by atoms with Gasteiger partial charge < -0.3 is 14.6 Å². The molecule has 0 spiro atoms. The third-order valence-corrected chi connectivity index (χ3v) is 4.32. The average molecular weight is 283 g/mol. The minimum absolute atomic E-state index is 0.308. The maximum absolute atomic E-state index is 12.0. The summed E-state index contributed by atoms with van der Waals surface area (Å²) in [6.07, 6.45) is 1.49. The van der Waals surface area contributed by atoms with Crippen molar-refractivity contribution in [3.8, 4) is 0 Å². The molecule has 7 heteroatoms. The topological polar surface area (TPSA) is 101 Å². The van der Waals surface area contributed by atoms with Crippen LogP contribution in [0.2, 0.25) is 0 Å². The van der Waals surface area contributed by atoms with Crippen LogP contribution in [-0.2, 0) is 24.2 Å². The van der Waals surface area contributed by atoms with Gasteiger partial charge in [-0.3, -0.25) is 4.79 Å². The molecule has 19 heavy (non-hydrogen) atoms. The normalized spacial score (nSPS) is 12.5. The van der Waals surface area contributed by atoms with E-state index >= 15 is 0 Å². The van der Waals surface area contributed by atoms with Crippen molar-refractivity contribution in [2.75, 3.05) is 7.11 Å². The minimum Gasteiger partial charge on any atom is -0.548 e. The smallest absolute Gasteiger partial charge is 0.330 e. The maximum Gasteiger partial charge on any atom is 0.330 e. The summed E-state index contributed by atoms with van der Waals surface area (Å²) >= 11 is 0. The number of benzene rings is 1. The molecule has 0 fully saturated rings. The Morgan fingerprint density at radius 1 is 1.32 bits per heavy atom. The summed E-state index contributed by atoms with van der Waals surface area (Å²) in [5.74, 6) is -3.42. The first kappa shape index (κ1) is 14.9. The largest absolute Gasteiger partial charge is 0.548 e. The van der Waals surface area contributed by atoms with E-state index in [1.807, 2.05) is 0 Å². The Bertz CT molecular complexity index is 600. The second kappa shape index (κ2) is 5.66. The molecule has 0 bridgehead atoms. The Kier molecular flexibility index (Phi) is 4.44. The van der Waals surface area contributed by atoms with E-state index in [-0.39, 0.29) is 4.90 Å². The van der Waals surface area contributed by atoms with Crippen LogP contribution in [-0.4, -0.2) is 32.7 Å². The molecule has 0 aliphatic rings. The van der Waals surface area contributed by atoms with Gasteiger partial charge in [0.05, 0.1) is 18.0 Å². The maximum atomic E-state index is 12.0. The van der Waals surface area contributed by atoms with Crippen LogP contribution in [0.4, 0.5) is 0 Å². The summed E-state index contributed by atoms with van der Waals surface area (Å²) < 4.78 is 28.2. The van der Waals surface area contributed by atoms with Crippen molar-refractivity contribution in [1.82, 2.24) is 0 Å². The van der Waals surface area contributed by atoms with Crippen molar-refractivity contribution in [3.63, 3.8) is 0 Å². The number of ether oxygens (including phenoxy) is 1. The number of esters is 1. The second-order valence-corrected chi connectivity index (χ2v) is 5.57. The van der Waals surface area contributed by atoms with E-state index in [1.165, 1.54) is 30.3 Å². The number of carboxylic acid groups (broad SMARTS) is 1. The van der Waals surface area contributed by atoms with E-state index in [1.54, 1.807) is 0 Å². The van der Waals surface area contributed by atoms with Gasteiger partial charge in [0.1, 0.15) is 0 Å². The monoisotopic (exact) mass is 283 g/mol. The quantitative estimate of drug-likeness (QED) is 0.528. The molecule has 1 unspecified atom stereocenters. The Morgan fingerprint density at radius 3 is 2.21 bits per heavy atom. The lowest BCUT2D eigenvalue weighted by atomic mass is 10.2. The standard InChI is InChI=1S/C12H12O6S/c1-3-8-4-6-9(7-5-8)19(16,17)10(11(13)14)12(15)18-2/h3-7,10H,1H2,2H3,(H,13,14)/p-1. The van der Waals surface area contributed by atoms with Gasteiger partial charge in [0, 0.05) is 0 Å². The van der Waals surface area contributed by atoms with Gasteiger partial charge in [-0.2, -0.15) is 0 Å². The summed E-state index contributed by atoms with van der Waals surface area (Å²) in [6, 6.07) is 5.24. The molecule has 0 aromatic heterocycles. The highest BCUT2D eigenvalue weighted by Gasteiger charge is 2.36. The molecular weight excluding hydrogens is 272 g/mol. The van der Waals surface area contributed by atoms with Crippen molar-refractivity contribution >= 4 is 27.9 Å². The fraction of sp³-hybridized carbons (Fsp3) is 0.167. The van der Waals surface area contributed by atoms with E-state index < -0.39 is 27.0 Å². The van der Waals surface area contributed by atoms with E-state index in [0.717, 1.165) is 7.11 Å². The average Bonchev–Trinajstić information content (AvgIpc) is 2.37. The molecule has 102 valence electrons. The van der Waals surface area contributed by atoms with Gasteiger partial charge in [0.15, 0.2) is 9.84 Å². The number of sulfone groups is 1. The fourth-order valence-electron chi connectivity index (χ4n) is 1.39. The highest BCUT2D eigenvalue weighted by molar-refractivity contribution is 7.93. The van der Waals surface area contributed by atoms with Crippen molar-refractivity contribution in [3.05, 3.63) is 36.4 Å². The van der Waals surface area contributed by atoms with Crippen LogP contribution in [0.5, 0.6) is 0 Å². The predicted molar refractivity (Wildman–Crippen MR) is 64.5 cm³/mol. The molecule has 0 saturated heterocycles. The SMILES string of the molecule is C=Cc1ccc(S(=O)(=O)C(C(=O)[O-])C(=O)OC)cc1. The molecule has 1 atom stereocenters. The van der Waals surface area contributed by atoms with Gasteiger partial charge in [-0.05, 0) is 17.7 Å². The molecule has 0 N–H and O–H groups in total. The Labute approximate surface area is 110 Å². The van der Waals surface area contributed by atoms with Crippen LogP contribution in [0.1, 0.15) is 5.56 Å². The van der Waals surface area contributed by atoms with Crippen LogP contribution < -0.4 is 5.11 Å².